The van der Waals surface area contributed by atoms with E-state index in [-0.39, 0.29) is 5.54 Å². The largest absolute Gasteiger partial charge is 0.391 e. The van der Waals surface area contributed by atoms with Crippen LogP contribution in [0.5, 0.6) is 0 Å². The summed E-state index contributed by atoms with van der Waals surface area (Å²) in [6, 6.07) is 5.45. The zero-order valence-corrected chi connectivity index (χ0v) is 14.1. The van der Waals surface area contributed by atoms with E-state index in [1.165, 1.54) is 0 Å². The molecule has 1 saturated heterocycles. The molecule has 0 spiro atoms. The molecule has 1 aromatic rings. The third kappa shape index (κ3) is 3.72. The van der Waals surface area contributed by atoms with Crippen LogP contribution in [0.25, 0.3) is 0 Å². The molecule has 5 heteroatoms. The van der Waals surface area contributed by atoms with E-state index in [2.05, 4.69) is 18.7 Å². The average molecular weight is 332 g/mol. The molecule has 0 saturated carbocycles. The number of ether oxygens (including phenoxy) is 1. The summed E-state index contributed by atoms with van der Waals surface area (Å²) in [5.74, 6) is 0. The standard InChI is InChI=1S/C16H23Cl2NO2/c1-3-16(2,19-7-9-21-10-8-19)15(20)11-12-13(17)5-4-6-14(12)18/h4-6,15,20H,3,7-11H2,1-2H3. The zero-order chi connectivity index (χ0) is 15.5. The lowest BCUT2D eigenvalue weighted by atomic mass is 9.85. The number of rotatable bonds is 5. The Morgan fingerprint density at radius 1 is 1.29 bits per heavy atom. The van der Waals surface area contributed by atoms with E-state index in [9.17, 15) is 5.11 Å². The van der Waals surface area contributed by atoms with Gasteiger partial charge in [0.25, 0.3) is 0 Å². The summed E-state index contributed by atoms with van der Waals surface area (Å²) in [4.78, 5) is 2.31. The number of aliphatic hydroxyl groups excluding tert-OH is 1. The van der Waals surface area contributed by atoms with Gasteiger partial charge in [-0.2, -0.15) is 0 Å². The second-order valence-corrected chi connectivity index (χ2v) is 6.54. The second-order valence-electron chi connectivity index (χ2n) is 5.73. The van der Waals surface area contributed by atoms with Gasteiger partial charge in [0, 0.05) is 35.1 Å². The van der Waals surface area contributed by atoms with E-state index in [4.69, 9.17) is 27.9 Å². The molecule has 1 aromatic carbocycles. The summed E-state index contributed by atoms with van der Waals surface area (Å²) >= 11 is 12.4. The zero-order valence-electron chi connectivity index (χ0n) is 12.6. The van der Waals surface area contributed by atoms with Crippen molar-refractivity contribution in [3.8, 4) is 0 Å². The van der Waals surface area contributed by atoms with Gasteiger partial charge in [0.2, 0.25) is 0 Å². The Morgan fingerprint density at radius 3 is 2.38 bits per heavy atom. The Morgan fingerprint density at radius 2 is 1.86 bits per heavy atom. The van der Waals surface area contributed by atoms with E-state index in [0.717, 1.165) is 38.3 Å². The fraction of sp³-hybridized carbons (Fsp3) is 0.625. The molecular weight excluding hydrogens is 309 g/mol. The molecular formula is C16H23Cl2NO2. The van der Waals surface area contributed by atoms with Crippen LogP contribution in [0.1, 0.15) is 25.8 Å². The van der Waals surface area contributed by atoms with E-state index >= 15 is 0 Å². The molecule has 21 heavy (non-hydrogen) atoms. The topological polar surface area (TPSA) is 32.7 Å². The van der Waals surface area contributed by atoms with Crippen LogP contribution in [0.3, 0.4) is 0 Å². The summed E-state index contributed by atoms with van der Waals surface area (Å²) in [6.45, 7) is 7.33. The molecule has 1 aliphatic rings. The first-order valence-corrected chi connectivity index (χ1v) is 8.18. The molecule has 2 atom stereocenters. The minimum Gasteiger partial charge on any atom is -0.391 e. The average Bonchev–Trinajstić information content (AvgIpc) is 2.51. The quantitative estimate of drug-likeness (QED) is 0.897. The second kappa shape index (κ2) is 7.30. The smallest absolute Gasteiger partial charge is 0.0762 e. The van der Waals surface area contributed by atoms with E-state index in [1.807, 2.05) is 18.2 Å². The van der Waals surface area contributed by atoms with Crippen molar-refractivity contribution in [1.29, 1.82) is 0 Å². The molecule has 0 aromatic heterocycles. The van der Waals surface area contributed by atoms with Gasteiger partial charge in [-0.1, -0.05) is 36.2 Å². The molecule has 0 aliphatic carbocycles. The molecule has 1 aliphatic heterocycles. The summed E-state index contributed by atoms with van der Waals surface area (Å²) in [7, 11) is 0. The lowest BCUT2D eigenvalue weighted by molar-refractivity contribution is -0.0714. The number of aliphatic hydroxyl groups is 1. The molecule has 0 amide bonds. The predicted molar refractivity (Wildman–Crippen MR) is 87.3 cm³/mol. The Labute approximate surface area is 136 Å². The first kappa shape index (κ1) is 17.0. The summed E-state index contributed by atoms with van der Waals surface area (Å²) in [5.41, 5.74) is 0.521. The van der Waals surface area contributed by atoms with Crippen LogP contribution in [0.4, 0.5) is 0 Å². The maximum atomic E-state index is 10.8. The van der Waals surface area contributed by atoms with Crippen molar-refractivity contribution >= 4 is 23.2 Å². The van der Waals surface area contributed by atoms with Crippen LogP contribution in [0.2, 0.25) is 10.0 Å². The van der Waals surface area contributed by atoms with Gasteiger partial charge in [0.1, 0.15) is 0 Å². The SMILES string of the molecule is CCC(C)(C(O)Cc1c(Cl)cccc1Cl)N1CCOCC1. The number of nitrogens with zero attached hydrogens (tertiary/aromatic N) is 1. The molecule has 2 rings (SSSR count). The van der Waals surface area contributed by atoms with Gasteiger partial charge in [-0.15, -0.1) is 0 Å². The fourth-order valence-corrected chi connectivity index (χ4v) is 3.44. The van der Waals surface area contributed by atoms with Crippen molar-refractivity contribution in [1.82, 2.24) is 4.90 Å². The number of hydrogen-bond acceptors (Lipinski definition) is 3. The molecule has 3 nitrogen and oxygen atoms in total. The van der Waals surface area contributed by atoms with Crippen molar-refractivity contribution in [3.05, 3.63) is 33.8 Å². The lowest BCUT2D eigenvalue weighted by Gasteiger charge is -2.46. The van der Waals surface area contributed by atoms with Crippen molar-refractivity contribution in [2.24, 2.45) is 0 Å². The van der Waals surface area contributed by atoms with Gasteiger partial charge < -0.3 is 9.84 Å². The Balaban J connectivity index is 2.17. The lowest BCUT2D eigenvalue weighted by Crippen LogP contribution is -2.58. The Kier molecular flexibility index (Phi) is 5.92. The Bertz CT molecular complexity index is 457. The summed E-state index contributed by atoms with van der Waals surface area (Å²) < 4.78 is 5.41. The maximum absolute atomic E-state index is 10.8. The highest BCUT2D eigenvalue weighted by Crippen LogP contribution is 2.31. The highest BCUT2D eigenvalue weighted by atomic mass is 35.5. The third-order valence-electron chi connectivity index (χ3n) is 4.63. The number of halogens is 2. The van der Waals surface area contributed by atoms with E-state index < -0.39 is 6.10 Å². The van der Waals surface area contributed by atoms with Crippen LogP contribution in [0.15, 0.2) is 18.2 Å². The minimum absolute atomic E-state index is 0.299. The van der Waals surface area contributed by atoms with Gasteiger partial charge >= 0.3 is 0 Å². The normalized spacial score (nSPS) is 21.0. The Hall–Kier alpha value is -0.320. The van der Waals surface area contributed by atoms with Crippen molar-refractivity contribution in [2.75, 3.05) is 26.3 Å². The van der Waals surface area contributed by atoms with Gasteiger partial charge in [-0.3, -0.25) is 4.90 Å². The molecule has 118 valence electrons. The summed E-state index contributed by atoms with van der Waals surface area (Å²) in [5, 5.41) is 12.0. The van der Waals surface area contributed by atoms with E-state index in [1.54, 1.807) is 0 Å². The highest BCUT2D eigenvalue weighted by molar-refractivity contribution is 6.36. The molecule has 2 unspecified atom stereocenters. The summed E-state index contributed by atoms with van der Waals surface area (Å²) in [6.07, 6.45) is 0.786. The van der Waals surface area contributed by atoms with Crippen molar-refractivity contribution < 1.29 is 9.84 Å². The van der Waals surface area contributed by atoms with Gasteiger partial charge in [-0.25, -0.2) is 0 Å². The molecule has 1 fully saturated rings. The highest BCUT2D eigenvalue weighted by Gasteiger charge is 2.38. The van der Waals surface area contributed by atoms with Crippen LogP contribution in [0, 0.1) is 0 Å². The third-order valence-corrected chi connectivity index (χ3v) is 5.33. The predicted octanol–water partition coefficient (Wildman–Crippen LogP) is 3.40. The van der Waals surface area contributed by atoms with Crippen LogP contribution < -0.4 is 0 Å². The van der Waals surface area contributed by atoms with Crippen LogP contribution in [-0.2, 0) is 11.2 Å². The number of hydrogen-bond donors (Lipinski definition) is 1. The molecule has 1 N–H and O–H groups in total. The first-order chi connectivity index (χ1) is 9.99. The minimum atomic E-state index is -0.530. The van der Waals surface area contributed by atoms with E-state index in [0.29, 0.717) is 16.5 Å². The maximum Gasteiger partial charge on any atom is 0.0762 e. The number of benzene rings is 1. The van der Waals surface area contributed by atoms with Gasteiger partial charge in [0.05, 0.1) is 19.3 Å². The molecule has 0 radical (unpaired) electrons. The monoisotopic (exact) mass is 331 g/mol. The fourth-order valence-electron chi connectivity index (χ4n) is 2.88. The first-order valence-electron chi connectivity index (χ1n) is 7.42. The number of morpholine rings is 1. The van der Waals surface area contributed by atoms with Gasteiger partial charge in [-0.05, 0) is 31.0 Å². The molecule has 0 bridgehead atoms. The van der Waals surface area contributed by atoms with Crippen LogP contribution >= 0.6 is 23.2 Å². The van der Waals surface area contributed by atoms with Crippen LogP contribution in [-0.4, -0.2) is 48.0 Å². The van der Waals surface area contributed by atoms with Gasteiger partial charge in [0.15, 0.2) is 0 Å². The molecule has 1 heterocycles. The van der Waals surface area contributed by atoms with Crippen molar-refractivity contribution in [3.63, 3.8) is 0 Å². The van der Waals surface area contributed by atoms with Crippen molar-refractivity contribution in [2.45, 2.75) is 38.3 Å².